The highest BCUT2D eigenvalue weighted by atomic mass is 35.5. The lowest BCUT2D eigenvalue weighted by atomic mass is 10.1. The number of hydrogen-bond donors (Lipinski definition) is 11. The molecule has 14 amide bonds. The molecule has 123 heavy (non-hydrogen) atoms. The van der Waals surface area contributed by atoms with E-state index in [0.717, 1.165) is 29.4 Å². The second kappa shape index (κ2) is 45.1. The highest BCUT2D eigenvalue weighted by molar-refractivity contribution is 6.40. The molecule has 3 aliphatic rings. The lowest BCUT2D eigenvalue weighted by Crippen LogP contribution is -2.55. The summed E-state index contributed by atoms with van der Waals surface area (Å²) in [7, 11) is 1.35. The molecule has 6 atom stereocenters. The number of carbonyl (C=O) groups is 20. The van der Waals surface area contributed by atoms with Crippen LogP contribution in [-0.4, -0.2) is 237 Å². The summed E-state index contributed by atoms with van der Waals surface area (Å²) >= 11 is 30.9. The number of ketones is 3. The van der Waals surface area contributed by atoms with Crippen LogP contribution in [0.5, 0.6) is 5.75 Å². The Hall–Kier alpha value is -13.0. The third-order valence-electron chi connectivity index (χ3n) is 18.0. The number of Topliss-reactive ketones (excluding diaryl/α,β-unsaturated/α-hetero) is 3. The smallest absolute Gasteiger partial charge is 0.252 e. The molecule has 0 radical (unpaired) electrons. The molecule has 0 saturated carbocycles. The molecule has 0 unspecified atom stereocenters. The number of methoxy groups -OCH3 is 1. The number of para-hydroxylation sites is 6. The van der Waals surface area contributed by atoms with E-state index in [4.69, 9.17) is 62.7 Å². The fraction of sp³-hybridized carbons (Fsp3) is 0.300. The van der Waals surface area contributed by atoms with Crippen LogP contribution < -0.4 is 76.7 Å². The Bertz CT molecular complexity index is 5150. The predicted octanol–water partition coefficient (Wildman–Crippen LogP) is 2.65. The van der Waals surface area contributed by atoms with Gasteiger partial charge in [0.1, 0.15) is 93.8 Å². The molecule has 0 saturated heterocycles. The number of nitrogens with one attached hydrogen (secondary N) is 8. The van der Waals surface area contributed by atoms with Crippen molar-refractivity contribution in [3.05, 3.63) is 157 Å². The number of aldehydes is 3. The minimum Gasteiger partial charge on any atom is -0.494 e. The van der Waals surface area contributed by atoms with Crippen LogP contribution in [0.15, 0.2) is 115 Å². The van der Waals surface area contributed by atoms with E-state index in [1.807, 2.05) is 0 Å². The summed E-state index contributed by atoms with van der Waals surface area (Å²) in [5.41, 5.74) is 1.30. The quantitative estimate of drug-likeness (QED) is 0.0289. The standard InChI is InChI=1S/C27H27Cl2N5O8.C27H28ClN5O8.C26H26Cl2N4O8/c1-14(37)7-17(12-35)31-23(39)11-34-22-6-4-3-5-21(22)33(24(40)13-36)10-20(27(34)42)32-26(41)16-8-18(28)25(19(29)9-16)30-15(2)38;1-15(36)9-18(13-34)30-24(38)12-33-23-6-4-3-5-22(23)32(25(39)14-35)11-21(27(33)41)31-26(40)17-7-8-20(19(28)10-17)29-16(2)37;1-14(35)7-16(12-33)29-22(36)11-32-21-6-4-3-5-20(21)31(23(37)13-34)10-19(26(32)39)30-25(38)15-8-17(27)24(40-2)18(28)9-15/h3-6,8-9,12,17,20,36H,7,10-11,13H2,1-2H3,(H,30,38)(H,31,39)(H,32,41);3-8,10,13,18,21,35H,9,11-12,14H2,1-2H3,(H,29,37)(H,30,38)(H,31,40);3-6,8-9,12,16,19,34H,7,10-11,13H2,1-2H3,(H,29,36)(H,30,38)/t17-,20-;18-,21-;16-,19-/m000/s1. The van der Waals surface area contributed by atoms with Crippen LogP contribution in [0.4, 0.5) is 45.5 Å². The molecule has 0 bridgehead atoms. The zero-order valence-corrected chi connectivity index (χ0v) is 69.9. The minimum atomic E-state index is -1.43. The Labute approximate surface area is 725 Å². The summed E-state index contributed by atoms with van der Waals surface area (Å²) in [6.07, 6.45) is 0.501. The van der Waals surface area contributed by atoms with Crippen LogP contribution >= 0.6 is 58.0 Å². The van der Waals surface area contributed by atoms with Crippen LogP contribution in [0, 0.1) is 0 Å². The third kappa shape index (κ3) is 26.0. The van der Waals surface area contributed by atoms with E-state index in [9.17, 15) is 111 Å². The van der Waals surface area contributed by atoms with Gasteiger partial charge in [0, 0.05) is 49.8 Å². The first-order valence-corrected chi connectivity index (χ1v) is 38.7. The zero-order chi connectivity index (χ0) is 91.0. The van der Waals surface area contributed by atoms with Gasteiger partial charge in [-0.05, 0) is 99.6 Å². The van der Waals surface area contributed by atoms with Gasteiger partial charge in [0.15, 0.2) is 5.75 Å². The molecule has 3 aliphatic heterocycles. The van der Waals surface area contributed by atoms with Gasteiger partial charge in [-0.3, -0.25) is 96.2 Å². The number of amides is 14. The van der Waals surface area contributed by atoms with Gasteiger partial charge >= 0.3 is 0 Å². The number of nitrogens with zero attached hydrogens (tertiary/aromatic N) is 6. The number of aliphatic hydroxyl groups excluding tert-OH is 3. The van der Waals surface area contributed by atoms with Crippen LogP contribution in [0.1, 0.15) is 85.0 Å². The number of rotatable bonds is 30. The number of aliphatic hydroxyl groups is 3. The summed E-state index contributed by atoms with van der Waals surface area (Å²) < 4.78 is 5.09. The monoisotopic (exact) mass is 1800 g/mol. The Morgan fingerprint density at radius 1 is 0.407 bits per heavy atom. The highest BCUT2D eigenvalue weighted by Gasteiger charge is 2.42. The topological polar surface area (TPSA) is 527 Å². The van der Waals surface area contributed by atoms with Gasteiger partial charge in [0.2, 0.25) is 29.5 Å². The van der Waals surface area contributed by atoms with Crippen LogP contribution in [0.2, 0.25) is 25.1 Å². The molecule has 3 heterocycles. The summed E-state index contributed by atoms with van der Waals surface area (Å²) in [5, 5.41) is 48.6. The molecule has 9 rings (SSSR count). The summed E-state index contributed by atoms with van der Waals surface area (Å²) in [6, 6.07) is 20.0. The maximum Gasteiger partial charge on any atom is 0.252 e. The number of anilines is 8. The zero-order valence-electron chi connectivity index (χ0n) is 66.1. The number of carbonyl (C=O) groups excluding carboxylic acids is 20. The van der Waals surface area contributed by atoms with E-state index < -0.39 is 159 Å². The molecule has 38 nitrogen and oxygen atoms in total. The SMILES string of the molecule is CC(=O)C[C@@H](C=O)NC(=O)CN1C(=O)[C@@H](NC(=O)c2cc(Cl)c(NC(C)=O)c(Cl)c2)CN(C(=O)CO)c2ccccc21.CC(=O)C[C@@H](C=O)NC(=O)CN1C(=O)[C@@H](NC(=O)c2ccc(NC(C)=O)c(Cl)c2)CN(C(=O)CO)c2ccccc21.COc1c(Cl)cc(C(=O)N[C@H]2CN(C(=O)CO)c3ccccc3N(CC(=O)N[C@H](C=O)CC(C)=O)C2=O)cc1Cl. The van der Waals surface area contributed by atoms with E-state index >= 15 is 0 Å². The molecule has 0 spiro atoms. The van der Waals surface area contributed by atoms with Gasteiger partial charge in [-0.15, -0.1) is 0 Å². The summed E-state index contributed by atoms with van der Waals surface area (Å²) in [5.74, 6) is -10.9. The lowest BCUT2D eigenvalue weighted by Gasteiger charge is -2.25. The number of hydrogen-bond acceptors (Lipinski definition) is 24. The van der Waals surface area contributed by atoms with E-state index in [0.29, 0.717) is 18.9 Å². The lowest BCUT2D eigenvalue weighted by molar-refractivity contribution is -0.127. The first kappa shape index (κ1) is 97.2. The van der Waals surface area contributed by atoms with E-state index in [1.165, 1.54) is 121 Å². The van der Waals surface area contributed by atoms with Crippen molar-refractivity contribution in [3.63, 3.8) is 0 Å². The number of benzene rings is 6. The maximum absolute atomic E-state index is 13.8. The molecule has 43 heteroatoms. The molecule has 650 valence electrons. The minimum absolute atomic E-state index is 0.00672. The van der Waals surface area contributed by atoms with Crippen molar-refractivity contribution < 1.29 is 116 Å². The van der Waals surface area contributed by atoms with E-state index in [2.05, 4.69) is 42.5 Å². The summed E-state index contributed by atoms with van der Waals surface area (Å²) in [4.78, 5) is 255. The van der Waals surface area contributed by atoms with Crippen LogP contribution in [0.25, 0.3) is 0 Å². The Morgan fingerprint density at radius 2 is 0.691 bits per heavy atom. The van der Waals surface area contributed by atoms with Crippen molar-refractivity contribution >= 4 is 222 Å². The van der Waals surface area contributed by atoms with Crippen molar-refractivity contribution in [2.24, 2.45) is 0 Å². The van der Waals surface area contributed by atoms with Gasteiger partial charge in [-0.2, -0.15) is 0 Å². The van der Waals surface area contributed by atoms with Crippen molar-refractivity contribution in [1.82, 2.24) is 31.9 Å². The van der Waals surface area contributed by atoms with Gasteiger partial charge in [-0.25, -0.2) is 0 Å². The average Bonchev–Trinajstić information content (AvgIpc) is 1.67. The fourth-order valence-electron chi connectivity index (χ4n) is 12.6. The normalized spacial score (nSPS) is 15.3. The molecule has 0 fully saturated rings. The molecule has 0 aromatic heterocycles. The van der Waals surface area contributed by atoms with Gasteiger partial charge in [-0.1, -0.05) is 94.4 Å². The fourth-order valence-corrected chi connectivity index (χ4v) is 14.1. The Balaban J connectivity index is 0.000000254. The molecular formula is C80H81Cl5N14O24. The second-order valence-electron chi connectivity index (χ2n) is 27.3. The van der Waals surface area contributed by atoms with Crippen molar-refractivity contribution in [2.45, 2.75) is 90.1 Å². The molecular weight excluding hydrogens is 1720 g/mol. The Morgan fingerprint density at radius 3 is 0.959 bits per heavy atom. The third-order valence-corrected chi connectivity index (χ3v) is 19.4. The molecule has 0 aliphatic carbocycles. The van der Waals surface area contributed by atoms with Crippen molar-refractivity contribution in [1.29, 1.82) is 0 Å². The molecule has 6 aromatic rings. The second-order valence-corrected chi connectivity index (χ2v) is 29.3. The first-order valence-electron chi connectivity index (χ1n) is 36.8. The van der Waals surface area contributed by atoms with Crippen molar-refractivity contribution in [2.75, 3.05) is 106 Å². The van der Waals surface area contributed by atoms with Gasteiger partial charge in [0.25, 0.3) is 53.2 Å². The number of halogens is 5. The van der Waals surface area contributed by atoms with Gasteiger partial charge in [0.05, 0.1) is 115 Å². The maximum atomic E-state index is 13.8. The molecule has 6 aromatic carbocycles. The van der Waals surface area contributed by atoms with Gasteiger partial charge < -0.3 is 91.7 Å². The Kier molecular flexibility index (Phi) is 35.6. The first-order chi connectivity index (χ1) is 58.3. The predicted molar refractivity (Wildman–Crippen MR) is 448 cm³/mol. The van der Waals surface area contributed by atoms with Crippen LogP contribution in [0.3, 0.4) is 0 Å². The number of fused-ring (bicyclic) bond motifs is 3. The number of ether oxygens (including phenoxy) is 1. The average molecular weight is 1800 g/mol. The van der Waals surface area contributed by atoms with E-state index in [-0.39, 0.29) is 149 Å². The molecule has 11 N–H and O–H groups in total. The van der Waals surface area contributed by atoms with Crippen LogP contribution in [-0.2, 0) is 81.5 Å². The van der Waals surface area contributed by atoms with E-state index in [1.54, 1.807) is 36.4 Å². The largest absolute Gasteiger partial charge is 0.494 e. The van der Waals surface area contributed by atoms with Crippen molar-refractivity contribution in [3.8, 4) is 5.75 Å². The highest BCUT2D eigenvalue weighted by Crippen LogP contribution is 2.39. The summed E-state index contributed by atoms with van der Waals surface area (Å²) in [6.45, 7) is 0.618.